The van der Waals surface area contributed by atoms with Gasteiger partial charge in [-0.2, -0.15) is 5.10 Å². The van der Waals surface area contributed by atoms with Gasteiger partial charge in [0.25, 0.3) is 0 Å². The molecule has 0 saturated heterocycles. The third kappa shape index (κ3) is 2.54. The maximum Gasteiger partial charge on any atom is 0.186 e. The molecule has 0 fully saturated rings. The van der Waals surface area contributed by atoms with Crippen LogP contribution in [-0.4, -0.2) is 25.1 Å². The first-order valence-corrected chi connectivity index (χ1v) is 8.19. The van der Waals surface area contributed by atoms with E-state index in [2.05, 4.69) is 25.1 Å². The van der Waals surface area contributed by atoms with Crippen LogP contribution in [0.1, 0.15) is 0 Å². The molecule has 27 heavy (non-hydrogen) atoms. The zero-order valence-corrected chi connectivity index (χ0v) is 13.9. The third-order valence-corrected chi connectivity index (χ3v) is 4.29. The first-order valence-electron chi connectivity index (χ1n) is 8.19. The molecule has 0 aliphatic rings. The standard InChI is InChI=1S/C19H13FN6O/c20-12-8-13-10(7-15(12)27-11-4-2-1-3-5-11)6-14(24-13)17-16-18(21)22-9-23-19(16)26-25-17/h1-9,24H,(H3,21,22,23,25,26). The number of aromatic amines is 2. The maximum absolute atomic E-state index is 14.5. The summed E-state index contributed by atoms with van der Waals surface area (Å²) in [6.07, 6.45) is 1.36. The highest BCUT2D eigenvalue weighted by atomic mass is 19.1. The number of nitrogens with zero attached hydrogens (tertiary/aromatic N) is 3. The van der Waals surface area contributed by atoms with E-state index in [1.165, 1.54) is 12.4 Å². The number of anilines is 1. The monoisotopic (exact) mass is 360 g/mol. The lowest BCUT2D eigenvalue weighted by Crippen LogP contribution is -1.92. The molecule has 2 aromatic carbocycles. The average Bonchev–Trinajstić information content (AvgIpc) is 3.27. The van der Waals surface area contributed by atoms with E-state index in [-0.39, 0.29) is 5.75 Å². The van der Waals surface area contributed by atoms with Crippen molar-refractivity contribution in [1.29, 1.82) is 0 Å². The van der Waals surface area contributed by atoms with E-state index in [1.54, 1.807) is 18.2 Å². The summed E-state index contributed by atoms with van der Waals surface area (Å²) < 4.78 is 20.1. The Bertz CT molecular complexity index is 1280. The molecule has 0 aliphatic carbocycles. The second-order valence-electron chi connectivity index (χ2n) is 6.02. The van der Waals surface area contributed by atoms with Crippen LogP contribution in [0.3, 0.4) is 0 Å². The van der Waals surface area contributed by atoms with Crippen molar-refractivity contribution in [3.63, 3.8) is 0 Å². The summed E-state index contributed by atoms with van der Waals surface area (Å²) in [6, 6.07) is 14.0. The summed E-state index contributed by atoms with van der Waals surface area (Å²) in [5, 5.41) is 8.46. The SMILES string of the molecule is Nc1ncnc2n[nH]c(-c3cc4cc(Oc5ccccc5)c(F)cc4[nH]3)c12. The Hall–Kier alpha value is -3.94. The molecule has 0 unspecified atom stereocenters. The number of nitrogens with two attached hydrogens (primary N) is 1. The molecule has 132 valence electrons. The Kier molecular flexibility index (Phi) is 3.29. The highest BCUT2D eigenvalue weighted by molar-refractivity contribution is 5.99. The van der Waals surface area contributed by atoms with Crippen molar-refractivity contribution in [3.8, 4) is 22.9 Å². The minimum atomic E-state index is -0.461. The van der Waals surface area contributed by atoms with Crippen LogP contribution >= 0.6 is 0 Å². The van der Waals surface area contributed by atoms with E-state index in [0.717, 1.165) is 5.39 Å². The molecule has 0 aliphatic heterocycles. The maximum atomic E-state index is 14.5. The number of nitrogen functional groups attached to an aromatic ring is 1. The Balaban J connectivity index is 1.61. The van der Waals surface area contributed by atoms with Crippen LogP contribution in [0.5, 0.6) is 11.5 Å². The lowest BCUT2D eigenvalue weighted by molar-refractivity contribution is 0.443. The van der Waals surface area contributed by atoms with Gasteiger partial charge < -0.3 is 15.5 Å². The van der Waals surface area contributed by atoms with Crippen LogP contribution in [0.25, 0.3) is 33.3 Å². The predicted molar refractivity (Wildman–Crippen MR) is 99.9 cm³/mol. The largest absolute Gasteiger partial charge is 0.454 e. The average molecular weight is 360 g/mol. The summed E-state index contributed by atoms with van der Waals surface area (Å²) in [4.78, 5) is 11.3. The molecule has 3 aromatic heterocycles. The summed E-state index contributed by atoms with van der Waals surface area (Å²) in [5.41, 5.74) is 8.40. The highest BCUT2D eigenvalue weighted by Gasteiger charge is 2.16. The van der Waals surface area contributed by atoms with Crippen molar-refractivity contribution in [3.05, 3.63) is 60.7 Å². The molecule has 8 heteroatoms. The quantitative estimate of drug-likeness (QED) is 0.451. The molecular formula is C19H13FN6O. The zero-order chi connectivity index (χ0) is 18.4. The van der Waals surface area contributed by atoms with Crippen molar-refractivity contribution in [1.82, 2.24) is 25.1 Å². The molecule has 0 amide bonds. The fourth-order valence-electron chi connectivity index (χ4n) is 3.04. The number of benzene rings is 2. The molecular weight excluding hydrogens is 347 g/mol. The predicted octanol–water partition coefficient (Wildman–Crippen LogP) is 4.01. The van der Waals surface area contributed by atoms with Crippen molar-refractivity contribution in [2.45, 2.75) is 0 Å². The number of ether oxygens (including phenoxy) is 1. The number of nitrogens with one attached hydrogen (secondary N) is 2. The Morgan fingerprint density at radius 1 is 1.04 bits per heavy atom. The van der Waals surface area contributed by atoms with Gasteiger partial charge in [0.2, 0.25) is 0 Å². The molecule has 3 heterocycles. The minimum Gasteiger partial charge on any atom is -0.454 e. The number of fused-ring (bicyclic) bond motifs is 2. The fraction of sp³-hybridized carbons (Fsp3) is 0. The summed E-state index contributed by atoms with van der Waals surface area (Å²) in [5.74, 6) is 0.575. The molecule has 7 nitrogen and oxygen atoms in total. The number of H-pyrrole nitrogens is 2. The first-order chi connectivity index (χ1) is 13.2. The third-order valence-electron chi connectivity index (χ3n) is 4.29. The number of rotatable bonds is 3. The Morgan fingerprint density at radius 2 is 1.89 bits per heavy atom. The van der Waals surface area contributed by atoms with Crippen LogP contribution in [0, 0.1) is 5.82 Å². The van der Waals surface area contributed by atoms with Crippen molar-refractivity contribution in [2.24, 2.45) is 0 Å². The molecule has 4 N–H and O–H groups in total. The van der Waals surface area contributed by atoms with Gasteiger partial charge in [0, 0.05) is 17.0 Å². The van der Waals surface area contributed by atoms with E-state index in [0.29, 0.717) is 39.5 Å². The van der Waals surface area contributed by atoms with E-state index < -0.39 is 5.82 Å². The van der Waals surface area contributed by atoms with E-state index in [1.807, 2.05) is 24.3 Å². The van der Waals surface area contributed by atoms with Crippen LogP contribution in [0.2, 0.25) is 0 Å². The molecule has 0 spiro atoms. The van der Waals surface area contributed by atoms with Gasteiger partial charge in [-0.3, -0.25) is 5.10 Å². The number of hydrogen-bond acceptors (Lipinski definition) is 5. The molecule has 5 aromatic rings. The van der Waals surface area contributed by atoms with E-state index in [4.69, 9.17) is 10.5 Å². The Labute approximate surface area is 152 Å². The fourth-order valence-corrected chi connectivity index (χ4v) is 3.04. The van der Waals surface area contributed by atoms with Gasteiger partial charge >= 0.3 is 0 Å². The summed E-state index contributed by atoms with van der Waals surface area (Å²) in [7, 11) is 0. The molecule has 0 bridgehead atoms. The van der Waals surface area contributed by atoms with Gasteiger partial charge in [-0.25, -0.2) is 14.4 Å². The summed E-state index contributed by atoms with van der Waals surface area (Å²) >= 11 is 0. The second-order valence-corrected chi connectivity index (χ2v) is 6.02. The summed E-state index contributed by atoms with van der Waals surface area (Å²) in [6.45, 7) is 0. The number of hydrogen-bond donors (Lipinski definition) is 3. The van der Waals surface area contributed by atoms with E-state index in [9.17, 15) is 4.39 Å². The van der Waals surface area contributed by atoms with Gasteiger partial charge in [0.15, 0.2) is 17.2 Å². The number of aromatic nitrogens is 5. The second kappa shape index (κ2) is 5.80. The minimum absolute atomic E-state index is 0.150. The number of para-hydroxylation sites is 1. The van der Waals surface area contributed by atoms with Gasteiger partial charge in [0.1, 0.15) is 17.9 Å². The number of halogens is 1. The molecule has 5 rings (SSSR count). The van der Waals surface area contributed by atoms with E-state index >= 15 is 0 Å². The van der Waals surface area contributed by atoms with Crippen LogP contribution < -0.4 is 10.5 Å². The van der Waals surface area contributed by atoms with Crippen LogP contribution in [0.15, 0.2) is 54.9 Å². The van der Waals surface area contributed by atoms with Gasteiger partial charge in [-0.15, -0.1) is 0 Å². The lowest BCUT2D eigenvalue weighted by Gasteiger charge is -2.06. The zero-order valence-electron chi connectivity index (χ0n) is 13.9. The molecule has 0 saturated carbocycles. The first kappa shape index (κ1) is 15.3. The lowest BCUT2D eigenvalue weighted by atomic mass is 10.2. The molecule has 0 atom stereocenters. The highest BCUT2D eigenvalue weighted by Crippen LogP contribution is 2.33. The van der Waals surface area contributed by atoms with Gasteiger partial charge in [0.05, 0.1) is 16.8 Å². The van der Waals surface area contributed by atoms with Crippen molar-refractivity contribution < 1.29 is 9.13 Å². The van der Waals surface area contributed by atoms with Crippen LogP contribution in [0.4, 0.5) is 10.2 Å². The smallest absolute Gasteiger partial charge is 0.186 e. The normalized spacial score (nSPS) is 11.3. The Morgan fingerprint density at radius 3 is 2.74 bits per heavy atom. The van der Waals surface area contributed by atoms with Crippen molar-refractivity contribution >= 4 is 27.8 Å². The van der Waals surface area contributed by atoms with Gasteiger partial charge in [-0.1, -0.05) is 18.2 Å². The van der Waals surface area contributed by atoms with Crippen LogP contribution in [-0.2, 0) is 0 Å². The topological polar surface area (TPSA) is 106 Å². The van der Waals surface area contributed by atoms with Crippen molar-refractivity contribution in [2.75, 3.05) is 5.73 Å². The van der Waals surface area contributed by atoms with Gasteiger partial charge in [-0.05, 0) is 24.3 Å². The molecule has 0 radical (unpaired) electrons.